The van der Waals surface area contributed by atoms with Crippen LogP contribution in [0.5, 0.6) is 0 Å². The Bertz CT molecular complexity index is 463. The normalized spacial score (nSPS) is 17.4. The zero-order chi connectivity index (χ0) is 11.5. The molecule has 5 nitrogen and oxygen atoms in total. The number of urea groups is 1. The van der Waals surface area contributed by atoms with Crippen molar-refractivity contribution in [3.05, 3.63) is 41.1 Å². The van der Waals surface area contributed by atoms with E-state index in [0.717, 1.165) is 11.1 Å². The lowest BCUT2D eigenvalue weighted by Gasteiger charge is -1.98. The van der Waals surface area contributed by atoms with E-state index >= 15 is 0 Å². The molecule has 1 fully saturated rings. The molecule has 1 aliphatic rings. The minimum absolute atomic E-state index is 0.255. The fourth-order valence-electron chi connectivity index (χ4n) is 1.40. The Kier molecular flexibility index (Phi) is 2.70. The average Bonchev–Trinajstić information content (AvgIpc) is 2.59. The van der Waals surface area contributed by atoms with E-state index in [0.29, 0.717) is 6.54 Å². The van der Waals surface area contributed by atoms with Gasteiger partial charge in [-0.1, -0.05) is 24.3 Å². The smallest absolute Gasteiger partial charge is 0.326 e. The molecule has 3 amide bonds. The lowest BCUT2D eigenvalue weighted by atomic mass is 10.1. The van der Waals surface area contributed by atoms with Gasteiger partial charge in [0.2, 0.25) is 0 Å². The van der Waals surface area contributed by atoms with Crippen molar-refractivity contribution < 1.29 is 9.59 Å². The van der Waals surface area contributed by atoms with Gasteiger partial charge in [-0.05, 0) is 17.2 Å². The van der Waals surface area contributed by atoms with Crippen molar-refractivity contribution in [2.45, 2.75) is 6.54 Å². The average molecular weight is 217 g/mol. The summed E-state index contributed by atoms with van der Waals surface area (Å²) in [6, 6.07) is 6.94. The van der Waals surface area contributed by atoms with Crippen molar-refractivity contribution >= 4 is 18.0 Å². The molecule has 1 aliphatic heterocycles. The first-order chi connectivity index (χ1) is 7.69. The Morgan fingerprint density at radius 1 is 1.12 bits per heavy atom. The van der Waals surface area contributed by atoms with Gasteiger partial charge in [-0.3, -0.25) is 10.1 Å². The second-order valence-electron chi connectivity index (χ2n) is 3.41. The van der Waals surface area contributed by atoms with Crippen LogP contribution in [0.4, 0.5) is 4.79 Å². The fourth-order valence-corrected chi connectivity index (χ4v) is 1.40. The van der Waals surface area contributed by atoms with Crippen molar-refractivity contribution in [2.75, 3.05) is 0 Å². The highest BCUT2D eigenvalue weighted by Gasteiger charge is 2.22. The number of carbonyl (C=O) groups is 2. The van der Waals surface area contributed by atoms with Crippen LogP contribution in [0.15, 0.2) is 30.0 Å². The number of nitrogens with two attached hydrogens (primary N) is 1. The molecule has 0 unspecified atom stereocenters. The maximum Gasteiger partial charge on any atom is 0.326 e. The molecule has 0 radical (unpaired) electrons. The summed E-state index contributed by atoms with van der Waals surface area (Å²) in [6.07, 6.45) is 1.61. The molecule has 0 atom stereocenters. The summed E-state index contributed by atoms with van der Waals surface area (Å²) in [5.41, 5.74) is 7.58. The summed E-state index contributed by atoms with van der Waals surface area (Å²) in [4.78, 5) is 22.1. The van der Waals surface area contributed by atoms with E-state index in [1.165, 1.54) is 0 Å². The standard InChI is InChI=1S/C11H11N3O2/c12-6-8-3-1-7(2-4-8)5-9-10(15)14-11(16)13-9/h1-5H,6,12H2,(H2,13,14,15,16). The monoisotopic (exact) mass is 217 g/mol. The first kappa shape index (κ1) is 10.4. The van der Waals surface area contributed by atoms with Crippen LogP contribution >= 0.6 is 0 Å². The van der Waals surface area contributed by atoms with Crippen LogP contribution in [0.1, 0.15) is 11.1 Å². The topological polar surface area (TPSA) is 84.2 Å². The lowest BCUT2D eigenvalue weighted by Crippen LogP contribution is -2.22. The quantitative estimate of drug-likeness (QED) is 0.493. The van der Waals surface area contributed by atoms with Gasteiger partial charge in [0.05, 0.1) is 0 Å². The van der Waals surface area contributed by atoms with E-state index in [4.69, 9.17) is 5.73 Å². The Balaban J connectivity index is 2.22. The van der Waals surface area contributed by atoms with Crippen LogP contribution in [-0.2, 0) is 11.3 Å². The fraction of sp³-hybridized carbons (Fsp3) is 0.0909. The minimum Gasteiger partial charge on any atom is -0.326 e. The summed E-state index contributed by atoms with van der Waals surface area (Å²) in [5, 5.41) is 4.55. The highest BCUT2D eigenvalue weighted by molar-refractivity contribution is 6.13. The van der Waals surface area contributed by atoms with E-state index in [1.807, 2.05) is 24.3 Å². The van der Waals surface area contributed by atoms with Crippen LogP contribution in [0.2, 0.25) is 0 Å². The summed E-state index contributed by atoms with van der Waals surface area (Å²) in [5.74, 6) is -0.409. The van der Waals surface area contributed by atoms with Crippen LogP contribution < -0.4 is 16.4 Å². The molecule has 1 saturated heterocycles. The molecule has 16 heavy (non-hydrogen) atoms. The number of hydrogen-bond acceptors (Lipinski definition) is 3. The maximum atomic E-state index is 11.2. The number of hydrogen-bond donors (Lipinski definition) is 3. The van der Waals surface area contributed by atoms with Gasteiger partial charge < -0.3 is 11.1 Å². The molecular formula is C11H11N3O2. The third-order valence-corrected chi connectivity index (χ3v) is 2.25. The van der Waals surface area contributed by atoms with Gasteiger partial charge in [-0.2, -0.15) is 0 Å². The predicted molar refractivity (Wildman–Crippen MR) is 59.0 cm³/mol. The van der Waals surface area contributed by atoms with Gasteiger partial charge in [0.1, 0.15) is 5.70 Å². The number of imide groups is 1. The van der Waals surface area contributed by atoms with E-state index in [2.05, 4.69) is 10.6 Å². The van der Waals surface area contributed by atoms with Crippen molar-refractivity contribution in [3.63, 3.8) is 0 Å². The van der Waals surface area contributed by atoms with Crippen LogP contribution in [-0.4, -0.2) is 11.9 Å². The Morgan fingerprint density at radius 2 is 1.81 bits per heavy atom. The predicted octanol–water partition coefficient (Wildman–Crippen LogP) is 0.326. The van der Waals surface area contributed by atoms with E-state index in [9.17, 15) is 9.59 Å². The Morgan fingerprint density at radius 3 is 2.31 bits per heavy atom. The second kappa shape index (κ2) is 4.16. The van der Waals surface area contributed by atoms with Crippen LogP contribution in [0.25, 0.3) is 6.08 Å². The Hall–Kier alpha value is -2.14. The SMILES string of the molecule is NCc1ccc(C=C2NC(=O)NC2=O)cc1. The molecule has 0 aromatic heterocycles. The molecule has 1 aromatic rings. The molecule has 0 saturated carbocycles. The number of rotatable bonds is 2. The summed E-state index contributed by atoms with van der Waals surface area (Å²) in [7, 11) is 0. The third-order valence-electron chi connectivity index (χ3n) is 2.25. The minimum atomic E-state index is -0.491. The van der Waals surface area contributed by atoms with Crippen molar-refractivity contribution in [1.29, 1.82) is 0 Å². The molecule has 5 heteroatoms. The second-order valence-corrected chi connectivity index (χ2v) is 3.41. The van der Waals surface area contributed by atoms with Gasteiger partial charge >= 0.3 is 6.03 Å². The maximum absolute atomic E-state index is 11.2. The highest BCUT2D eigenvalue weighted by Crippen LogP contribution is 2.09. The van der Waals surface area contributed by atoms with Gasteiger partial charge in [0.15, 0.2) is 0 Å². The first-order valence-electron chi connectivity index (χ1n) is 4.82. The van der Waals surface area contributed by atoms with Crippen LogP contribution in [0.3, 0.4) is 0 Å². The summed E-state index contributed by atoms with van der Waals surface area (Å²) < 4.78 is 0. The number of carbonyl (C=O) groups excluding carboxylic acids is 2. The lowest BCUT2D eigenvalue weighted by molar-refractivity contribution is -0.115. The first-order valence-corrected chi connectivity index (χ1v) is 4.82. The molecule has 1 heterocycles. The molecular weight excluding hydrogens is 206 g/mol. The van der Waals surface area contributed by atoms with Gasteiger partial charge in [-0.25, -0.2) is 4.79 Å². The molecule has 82 valence electrons. The number of nitrogens with one attached hydrogen (secondary N) is 2. The molecule has 0 bridgehead atoms. The number of amides is 3. The van der Waals surface area contributed by atoms with E-state index < -0.39 is 11.9 Å². The van der Waals surface area contributed by atoms with E-state index in [1.54, 1.807) is 6.08 Å². The molecule has 1 aromatic carbocycles. The summed E-state index contributed by atoms with van der Waals surface area (Å²) >= 11 is 0. The zero-order valence-corrected chi connectivity index (χ0v) is 8.49. The van der Waals surface area contributed by atoms with Crippen LogP contribution in [0, 0.1) is 0 Å². The van der Waals surface area contributed by atoms with Crippen molar-refractivity contribution in [1.82, 2.24) is 10.6 Å². The third kappa shape index (κ3) is 2.09. The van der Waals surface area contributed by atoms with E-state index in [-0.39, 0.29) is 5.70 Å². The highest BCUT2D eigenvalue weighted by atomic mass is 16.2. The molecule has 0 spiro atoms. The Labute approximate surface area is 92.3 Å². The van der Waals surface area contributed by atoms with Crippen molar-refractivity contribution in [2.24, 2.45) is 5.73 Å². The largest absolute Gasteiger partial charge is 0.326 e. The zero-order valence-electron chi connectivity index (χ0n) is 8.49. The van der Waals surface area contributed by atoms with Gasteiger partial charge in [0.25, 0.3) is 5.91 Å². The van der Waals surface area contributed by atoms with Gasteiger partial charge in [-0.15, -0.1) is 0 Å². The number of benzene rings is 1. The molecule has 4 N–H and O–H groups in total. The molecule has 0 aliphatic carbocycles. The van der Waals surface area contributed by atoms with Gasteiger partial charge in [0, 0.05) is 6.54 Å². The van der Waals surface area contributed by atoms with Crippen molar-refractivity contribution in [3.8, 4) is 0 Å². The molecule has 2 rings (SSSR count). The summed E-state index contributed by atoms with van der Waals surface area (Å²) in [6.45, 7) is 0.480.